The summed E-state index contributed by atoms with van der Waals surface area (Å²) >= 11 is 0. The van der Waals surface area contributed by atoms with Gasteiger partial charge in [-0.05, 0) is 18.6 Å². The van der Waals surface area contributed by atoms with Crippen LogP contribution in [0.25, 0.3) is 5.65 Å². The van der Waals surface area contributed by atoms with Gasteiger partial charge in [-0.25, -0.2) is 4.52 Å². The van der Waals surface area contributed by atoms with E-state index in [0.717, 1.165) is 11.2 Å². The summed E-state index contributed by atoms with van der Waals surface area (Å²) < 4.78 is 7.00. The monoisotopic (exact) mass is 262 g/mol. The fourth-order valence-corrected chi connectivity index (χ4v) is 2.29. The fraction of sp³-hybridized carbons (Fsp3) is 0.538. The molecule has 6 nitrogen and oxygen atoms in total. The van der Waals surface area contributed by atoms with E-state index in [1.165, 1.54) is 0 Å². The van der Waals surface area contributed by atoms with Gasteiger partial charge in [0, 0.05) is 38.8 Å². The summed E-state index contributed by atoms with van der Waals surface area (Å²) in [6.45, 7) is 3.66. The van der Waals surface area contributed by atoms with Gasteiger partial charge in [-0.1, -0.05) is 6.07 Å². The lowest BCUT2D eigenvalue weighted by molar-refractivity contribution is -0.0544. The number of nitrogens with zero attached hydrogens (tertiary/aromatic N) is 3. The molecule has 0 aromatic carbocycles. The second kappa shape index (κ2) is 4.79. The molecule has 0 unspecified atom stereocenters. The van der Waals surface area contributed by atoms with Gasteiger partial charge >= 0.3 is 0 Å². The minimum absolute atomic E-state index is 0.451. The van der Waals surface area contributed by atoms with E-state index < -0.39 is 5.60 Å². The van der Waals surface area contributed by atoms with Crippen molar-refractivity contribution in [3.05, 3.63) is 23.9 Å². The summed E-state index contributed by atoms with van der Waals surface area (Å²) in [4.78, 5) is 4.43. The third-order valence-corrected chi connectivity index (χ3v) is 3.56. The molecule has 2 aromatic rings. The average Bonchev–Trinajstić information content (AvgIpc) is 2.82. The van der Waals surface area contributed by atoms with Crippen LogP contribution in [0.5, 0.6) is 0 Å². The fourth-order valence-electron chi connectivity index (χ4n) is 2.29. The topological polar surface area (TPSA) is 71.7 Å². The van der Waals surface area contributed by atoms with Crippen LogP contribution in [0.4, 0.5) is 5.95 Å². The quantitative estimate of drug-likeness (QED) is 0.863. The molecule has 1 aliphatic rings. The van der Waals surface area contributed by atoms with Gasteiger partial charge in [-0.2, -0.15) is 4.98 Å². The van der Waals surface area contributed by atoms with Gasteiger partial charge in [0.1, 0.15) is 0 Å². The molecule has 0 saturated carbocycles. The Morgan fingerprint density at radius 1 is 1.47 bits per heavy atom. The molecule has 2 aromatic heterocycles. The third-order valence-electron chi connectivity index (χ3n) is 3.56. The molecule has 1 fully saturated rings. The average molecular weight is 262 g/mol. The summed E-state index contributed by atoms with van der Waals surface area (Å²) in [6, 6.07) is 3.94. The molecule has 0 amide bonds. The third kappa shape index (κ3) is 2.54. The van der Waals surface area contributed by atoms with Crippen molar-refractivity contribution in [1.29, 1.82) is 0 Å². The van der Waals surface area contributed by atoms with E-state index in [1.807, 2.05) is 25.3 Å². The van der Waals surface area contributed by atoms with Crippen molar-refractivity contribution < 1.29 is 9.84 Å². The van der Waals surface area contributed by atoms with Crippen LogP contribution in [0.3, 0.4) is 0 Å². The van der Waals surface area contributed by atoms with E-state index >= 15 is 0 Å². The molecule has 3 rings (SSSR count). The predicted octanol–water partition coefficient (Wildman–Crippen LogP) is 0.991. The van der Waals surface area contributed by atoms with Crippen molar-refractivity contribution in [1.82, 2.24) is 14.6 Å². The summed E-state index contributed by atoms with van der Waals surface area (Å²) in [6.07, 6.45) is 3.16. The number of pyridine rings is 1. The Morgan fingerprint density at radius 3 is 3.00 bits per heavy atom. The van der Waals surface area contributed by atoms with Crippen LogP contribution >= 0.6 is 0 Å². The SMILES string of the molecule is Cc1cccn2nc(NCC3(O)CCOCC3)nc12. The van der Waals surface area contributed by atoms with Gasteiger partial charge in [-0.15, -0.1) is 5.10 Å². The Labute approximate surface area is 111 Å². The van der Waals surface area contributed by atoms with Crippen LogP contribution < -0.4 is 5.32 Å². The highest BCUT2D eigenvalue weighted by atomic mass is 16.5. The second-order valence-corrected chi connectivity index (χ2v) is 5.09. The van der Waals surface area contributed by atoms with E-state index in [0.29, 0.717) is 38.5 Å². The van der Waals surface area contributed by atoms with E-state index in [-0.39, 0.29) is 0 Å². The Hall–Kier alpha value is -1.66. The number of hydrogen-bond donors (Lipinski definition) is 2. The van der Waals surface area contributed by atoms with Crippen molar-refractivity contribution >= 4 is 11.6 Å². The normalized spacial score (nSPS) is 18.6. The van der Waals surface area contributed by atoms with Gasteiger partial charge in [-0.3, -0.25) is 0 Å². The minimum atomic E-state index is -0.717. The molecule has 6 heteroatoms. The number of hydrogen-bond acceptors (Lipinski definition) is 5. The van der Waals surface area contributed by atoms with Crippen molar-refractivity contribution in [2.24, 2.45) is 0 Å². The van der Waals surface area contributed by atoms with Crippen LogP contribution in [0.15, 0.2) is 18.3 Å². The molecular weight excluding hydrogens is 244 g/mol. The predicted molar refractivity (Wildman–Crippen MR) is 71.2 cm³/mol. The van der Waals surface area contributed by atoms with Gasteiger partial charge in [0.15, 0.2) is 5.65 Å². The molecule has 0 bridgehead atoms. The summed E-state index contributed by atoms with van der Waals surface area (Å²) in [5.74, 6) is 0.550. The first-order valence-corrected chi connectivity index (χ1v) is 6.52. The van der Waals surface area contributed by atoms with E-state index in [2.05, 4.69) is 15.4 Å². The lowest BCUT2D eigenvalue weighted by atomic mass is 9.94. The number of aliphatic hydroxyl groups is 1. The Balaban J connectivity index is 1.73. The van der Waals surface area contributed by atoms with Crippen molar-refractivity contribution in [2.45, 2.75) is 25.4 Å². The first-order chi connectivity index (χ1) is 9.16. The first-order valence-electron chi connectivity index (χ1n) is 6.52. The second-order valence-electron chi connectivity index (χ2n) is 5.09. The van der Waals surface area contributed by atoms with E-state index in [9.17, 15) is 5.11 Å². The lowest BCUT2D eigenvalue weighted by Gasteiger charge is -2.31. The largest absolute Gasteiger partial charge is 0.388 e. The van der Waals surface area contributed by atoms with Gasteiger partial charge in [0.05, 0.1) is 5.60 Å². The van der Waals surface area contributed by atoms with Crippen LogP contribution in [-0.4, -0.2) is 45.1 Å². The molecule has 0 aliphatic carbocycles. The molecule has 0 atom stereocenters. The molecule has 19 heavy (non-hydrogen) atoms. The Kier molecular flexibility index (Phi) is 3.12. The maximum atomic E-state index is 10.4. The zero-order valence-corrected chi connectivity index (χ0v) is 11.0. The highest BCUT2D eigenvalue weighted by molar-refractivity contribution is 5.49. The number of nitrogens with one attached hydrogen (secondary N) is 1. The highest BCUT2D eigenvalue weighted by Crippen LogP contribution is 2.20. The van der Waals surface area contributed by atoms with Crippen LogP contribution in [0.2, 0.25) is 0 Å². The maximum absolute atomic E-state index is 10.4. The standard InChI is InChI=1S/C13H18N4O2/c1-10-3-2-6-17-11(10)15-12(16-17)14-9-13(18)4-7-19-8-5-13/h2-3,6,18H,4-5,7-9H2,1H3,(H,14,16). The lowest BCUT2D eigenvalue weighted by Crippen LogP contribution is -2.42. The van der Waals surface area contributed by atoms with Crippen LogP contribution in [0.1, 0.15) is 18.4 Å². The highest BCUT2D eigenvalue weighted by Gasteiger charge is 2.29. The molecule has 0 radical (unpaired) electrons. The minimum Gasteiger partial charge on any atom is -0.388 e. The van der Waals surface area contributed by atoms with Crippen molar-refractivity contribution in [3.8, 4) is 0 Å². The van der Waals surface area contributed by atoms with E-state index in [1.54, 1.807) is 4.52 Å². The van der Waals surface area contributed by atoms with Crippen molar-refractivity contribution in [3.63, 3.8) is 0 Å². The molecule has 0 spiro atoms. The number of ether oxygens (including phenoxy) is 1. The maximum Gasteiger partial charge on any atom is 0.243 e. The number of aryl methyl sites for hydroxylation is 1. The summed E-state index contributed by atoms with van der Waals surface area (Å²) in [5, 5.41) is 17.8. The Bertz CT molecular complexity index is 575. The van der Waals surface area contributed by atoms with Crippen LogP contribution in [-0.2, 0) is 4.74 Å². The molecule has 3 heterocycles. The summed E-state index contributed by atoms with van der Waals surface area (Å²) in [7, 11) is 0. The number of anilines is 1. The van der Waals surface area contributed by atoms with Gasteiger partial charge in [0.25, 0.3) is 0 Å². The summed E-state index contributed by atoms with van der Waals surface area (Å²) in [5.41, 5.74) is 1.20. The molecule has 102 valence electrons. The van der Waals surface area contributed by atoms with Crippen LogP contribution in [0, 0.1) is 6.92 Å². The van der Waals surface area contributed by atoms with Crippen molar-refractivity contribution in [2.75, 3.05) is 25.1 Å². The van der Waals surface area contributed by atoms with E-state index in [4.69, 9.17) is 4.74 Å². The molecular formula is C13H18N4O2. The zero-order chi connectivity index (χ0) is 13.3. The molecule has 1 aliphatic heterocycles. The first kappa shape index (κ1) is 12.4. The van der Waals surface area contributed by atoms with Gasteiger partial charge < -0.3 is 15.2 Å². The Morgan fingerprint density at radius 2 is 2.26 bits per heavy atom. The number of rotatable bonds is 3. The van der Waals surface area contributed by atoms with Gasteiger partial charge in [0.2, 0.25) is 5.95 Å². The smallest absolute Gasteiger partial charge is 0.243 e. The molecule has 2 N–H and O–H groups in total. The molecule has 1 saturated heterocycles. The zero-order valence-electron chi connectivity index (χ0n) is 11.0. The number of aromatic nitrogens is 3. The number of fused-ring (bicyclic) bond motifs is 1.